The topological polar surface area (TPSA) is 83.6 Å². The molecule has 1 heterocycles. The van der Waals surface area contributed by atoms with Gasteiger partial charge in [-0.2, -0.15) is 0 Å². The first-order valence-corrected chi connectivity index (χ1v) is 7.37. The summed E-state index contributed by atoms with van der Waals surface area (Å²) in [5.74, 6) is -0.706. The van der Waals surface area contributed by atoms with Crippen LogP contribution in [0.25, 0.3) is 0 Å². The van der Waals surface area contributed by atoms with Crippen molar-refractivity contribution in [3.63, 3.8) is 0 Å². The Hall–Kier alpha value is -0.750. The summed E-state index contributed by atoms with van der Waals surface area (Å²) in [6.07, 6.45) is 1.73. The number of hydrogen-bond donors (Lipinski definition) is 2. The monoisotopic (exact) mass is 274 g/mol. The van der Waals surface area contributed by atoms with E-state index < -0.39 is 18.1 Å². The average molecular weight is 274 g/mol. The van der Waals surface area contributed by atoms with Gasteiger partial charge in [-0.15, -0.1) is 11.8 Å². The SMILES string of the molecule is CCCC1SCC(C(=O)O)N1C(=O)[C@@H](N)C(C)C. The third-order valence-electron chi connectivity index (χ3n) is 3.17. The van der Waals surface area contributed by atoms with Crippen LogP contribution < -0.4 is 5.73 Å². The van der Waals surface area contributed by atoms with Gasteiger partial charge in [-0.1, -0.05) is 27.2 Å². The van der Waals surface area contributed by atoms with E-state index in [1.807, 2.05) is 20.8 Å². The Labute approximate surface area is 112 Å². The summed E-state index contributed by atoms with van der Waals surface area (Å²) in [5, 5.41) is 9.14. The summed E-state index contributed by atoms with van der Waals surface area (Å²) >= 11 is 1.54. The molecule has 18 heavy (non-hydrogen) atoms. The second-order valence-corrected chi connectivity index (χ2v) is 6.16. The molecule has 5 nitrogen and oxygen atoms in total. The van der Waals surface area contributed by atoms with Gasteiger partial charge in [0.05, 0.1) is 11.4 Å². The minimum atomic E-state index is -0.939. The molecule has 0 aliphatic carbocycles. The van der Waals surface area contributed by atoms with Crippen molar-refractivity contribution in [3.8, 4) is 0 Å². The van der Waals surface area contributed by atoms with Crippen molar-refractivity contribution < 1.29 is 14.7 Å². The third kappa shape index (κ3) is 3.17. The molecule has 0 aromatic carbocycles. The van der Waals surface area contributed by atoms with E-state index in [9.17, 15) is 14.7 Å². The van der Waals surface area contributed by atoms with Gasteiger partial charge in [-0.25, -0.2) is 4.79 Å². The van der Waals surface area contributed by atoms with Crippen molar-refractivity contribution in [1.82, 2.24) is 4.90 Å². The smallest absolute Gasteiger partial charge is 0.327 e. The van der Waals surface area contributed by atoms with E-state index in [0.29, 0.717) is 5.75 Å². The molecule has 1 amide bonds. The van der Waals surface area contributed by atoms with Crippen LogP contribution in [-0.4, -0.2) is 45.1 Å². The molecule has 3 atom stereocenters. The number of carboxylic acids is 1. The summed E-state index contributed by atoms with van der Waals surface area (Å²) in [6.45, 7) is 5.77. The molecule has 1 rings (SSSR count). The molecule has 1 saturated heterocycles. The van der Waals surface area contributed by atoms with Gasteiger partial charge in [0, 0.05) is 5.75 Å². The average Bonchev–Trinajstić information content (AvgIpc) is 2.71. The summed E-state index contributed by atoms with van der Waals surface area (Å²) < 4.78 is 0. The number of nitrogens with two attached hydrogens (primary N) is 1. The predicted molar refractivity (Wildman–Crippen MR) is 72.2 cm³/mol. The van der Waals surface area contributed by atoms with Crippen molar-refractivity contribution >= 4 is 23.6 Å². The molecule has 1 fully saturated rings. The lowest BCUT2D eigenvalue weighted by Gasteiger charge is -2.30. The Morgan fingerprint density at radius 1 is 1.50 bits per heavy atom. The first kappa shape index (κ1) is 15.3. The number of carbonyl (C=O) groups is 2. The molecule has 0 aromatic heterocycles. The first-order valence-electron chi connectivity index (χ1n) is 6.32. The fraction of sp³-hybridized carbons (Fsp3) is 0.833. The van der Waals surface area contributed by atoms with Crippen LogP contribution in [0.3, 0.4) is 0 Å². The number of carboxylic acid groups (broad SMARTS) is 1. The Kier molecular flexibility index (Phi) is 5.47. The maximum absolute atomic E-state index is 12.3. The van der Waals surface area contributed by atoms with Crippen LogP contribution in [0.2, 0.25) is 0 Å². The van der Waals surface area contributed by atoms with E-state index >= 15 is 0 Å². The van der Waals surface area contributed by atoms with Gasteiger partial charge in [-0.3, -0.25) is 4.79 Å². The second-order valence-electron chi connectivity index (χ2n) is 4.95. The Balaban J connectivity index is 2.89. The lowest BCUT2D eigenvalue weighted by atomic mass is 10.0. The van der Waals surface area contributed by atoms with Gasteiger partial charge in [0.15, 0.2) is 0 Å². The molecule has 0 radical (unpaired) electrons. The summed E-state index contributed by atoms with van der Waals surface area (Å²) in [7, 11) is 0. The van der Waals surface area contributed by atoms with Gasteiger partial charge in [-0.05, 0) is 12.3 Å². The van der Waals surface area contributed by atoms with Gasteiger partial charge >= 0.3 is 5.97 Å². The number of amides is 1. The molecule has 104 valence electrons. The normalized spacial score (nSPS) is 25.5. The quantitative estimate of drug-likeness (QED) is 0.785. The maximum atomic E-state index is 12.3. The molecular formula is C12H22N2O3S. The Morgan fingerprint density at radius 3 is 2.56 bits per heavy atom. The van der Waals surface area contributed by atoms with Crippen LogP contribution in [-0.2, 0) is 9.59 Å². The minimum Gasteiger partial charge on any atom is -0.480 e. The predicted octanol–water partition coefficient (Wildman–Crippen LogP) is 1.12. The number of thioether (sulfide) groups is 1. The highest BCUT2D eigenvalue weighted by Gasteiger charge is 2.42. The van der Waals surface area contributed by atoms with E-state index in [1.54, 1.807) is 0 Å². The van der Waals surface area contributed by atoms with Crippen LogP contribution in [0, 0.1) is 5.92 Å². The molecule has 0 aromatic rings. The Morgan fingerprint density at radius 2 is 2.11 bits per heavy atom. The summed E-state index contributed by atoms with van der Waals surface area (Å²) in [4.78, 5) is 25.0. The summed E-state index contributed by atoms with van der Waals surface area (Å²) in [5.41, 5.74) is 5.87. The zero-order valence-corrected chi connectivity index (χ0v) is 11.9. The highest BCUT2D eigenvalue weighted by atomic mass is 32.2. The van der Waals surface area contributed by atoms with Gasteiger partial charge < -0.3 is 15.7 Å². The molecule has 1 aliphatic rings. The fourth-order valence-corrected chi connectivity index (χ4v) is 3.50. The zero-order chi connectivity index (χ0) is 13.9. The number of carbonyl (C=O) groups excluding carboxylic acids is 1. The van der Waals surface area contributed by atoms with E-state index in [0.717, 1.165) is 12.8 Å². The lowest BCUT2D eigenvalue weighted by Crippen LogP contribution is -2.53. The Bertz CT molecular complexity index is 322. The maximum Gasteiger partial charge on any atom is 0.327 e. The van der Waals surface area contributed by atoms with E-state index in [2.05, 4.69) is 0 Å². The van der Waals surface area contributed by atoms with Gasteiger partial charge in [0.25, 0.3) is 0 Å². The van der Waals surface area contributed by atoms with Crippen molar-refractivity contribution in [1.29, 1.82) is 0 Å². The van der Waals surface area contributed by atoms with Crippen LogP contribution in [0.15, 0.2) is 0 Å². The van der Waals surface area contributed by atoms with E-state index in [4.69, 9.17) is 5.73 Å². The molecule has 2 unspecified atom stereocenters. The van der Waals surface area contributed by atoms with Gasteiger partial charge in [0.2, 0.25) is 5.91 Å². The third-order valence-corrected chi connectivity index (χ3v) is 4.53. The number of nitrogens with zero attached hydrogens (tertiary/aromatic N) is 1. The van der Waals surface area contributed by atoms with Gasteiger partial charge in [0.1, 0.15) is 6.04 Å². The minimum absolute atomic E-state index is 0.0137. The van der Waals surface area contributed by atoms with Crippen molar-refractivity contribution in [3.05, 3.63) is 0 Å². The van der Waals surface area contributed by atoms with Crippen molar-refractivity contribution in [2.24, 2.45) is 11.7 Å². The van der Waals surface area contributed by atoms with Crippen LogP contribution in [0.1, 0.15) is 33.6 Å². The molecule has 0 saturated carbocycles. The van der Waals surface area contributed by atoms with Crippen LogP contribution in [0.5, 0.6) is 0 Å². The molecule has 0 spiro atoms. The molecular weight excluding hydrogens is 252 g/mol. The molecule has 1 aliphatic heterocycles. The number of aliphatic carboxylic acids is 1. The van der Waals surface area contributed by atoms with E-state index in [-0.39, 0.29) is 17.2 Å². The molecule has 0 bridgehead atoms. The van der Waals surface area contributed by atoms with Crippen molar-refractivity contribution in [2.75, 3.05) is 5.75 Å². The first-order chi connectivity index (χ1) is 8.40. The summed E-state index contributed by atoms with van der Waals surface area (Å²) in [6, 6.07) is -1.35. The number of hydrogen-bond acceptors (Lipinski definition) is 4. The zero-order valence-electron chi connectivity index (χ0n) is 11.1. The molecule has 3 N–H and O–H groups in total. The standard InChI is InChI=1S/C12H22N2O3S/c1-4-5-9-14(8(6-18-9)12(16)17)11(15)10(13)7(2)3/h7-10H,4-6,13H2,1-3H3,(H,16,17)/t8?,9?,10-/m0/s1. The van der Waals surface area contributed by atoms with Crippen LogP contribution in [0.4, 0.5) is 0 Å². The second kappa shape index (κ2) is 6.43. The number of rotatable bonds is 5. The highest BCUT2D eigenvalue weighted by molar-refractivity contribution is 8.00. The lowest BCUT2D eigenvalue weighted by molar-refractivity contribution is -0.150. The molecule has 6 heteroatoms. The van der Waals surface area contributed by atoms with Crippen LogP contribution >= 0.6 is 11.8 Å². The largest absolute Gasteiger partial charge is 0.480 e. The highest BCUT2D eigenvalue weighted by Crippen LogP contribution is 2.33. The van der Waals surface area contributed by atoms with Crippen molar-refractivity contribution in [2.45, 2.75) is 51.1 Å². The van der Waals surface area contributed by atoms with E-state index in [1.165, 1.54) is 16.7 Å². The fourth-order valence-electron chi connectivity index (χ4n) is 1.98.